The first-order valence-electron chi connectivity index (χ1n) is 8.78. The van der Waals surface area contributed by atoms with Crippen LogP contribution in [0.3, 0.4) is 0 Å². The van der Waals surface area contributed by atoms with Gasteiger partial charge in [-0.05, 0) is 49.8 Å². The molecule has 0 spiro atoms. The molecule has 1 heterocycles. The number of unbranched alkanes of at least 4 members (excludes halogenated alkanes) is 3. The predicted octanol–water partition coefficient (Wildman–Crippen LogP) is 6.02. The molecule has 0 atom stereocenters. The Morgan fingerprint density at radius 2 is 1.83 bits per heavy atom. The number of aromatic nitrogens is 2. The van der Waals surface area contributed by atoms with Gasteiger partial charge in [-0.2, -0.15) is 5.10 Å². The van der Waals surface area contributed by atoms with Crippen molar-refractivity contribution in [2.24, 2.45) is 0 Å². The standard InChI is InChI=1S/C19H26Cl2N2O/c1-3-17-15(18(4-2)23-22-17)9-7-5-6-8-12-24-19-13-14(20)10-11-16(19)21/h10-11,13H,3-9,12H2,1-2H3,(H,22,23). The number of rotatable bonds is 10. The third-order valence-electron chi connectivity index (χ3n) is 4.20. The third-order valence-corrected chi connectivity index (χ3v) is 4.75. The van der Waals surface area contributed by atoms with Crippen molar-refractivity contribution >= 4 is 23.2 Å². The van der Waals surface area contributed by atoms with Crippen LogP contribution in [0, 0.1) is 0 Å². The minimum atomic E-state index is 0.610. The summed E-state index contributed by atoms with van der Waals surface area (Å²) in [6, 6.07) is 5.30. The number of H-pyrrole nitrogens is 1. The predicted molar refractivity (Wildman–Crippen MR) is 101 cm³/mol. The maximum Gasteiger partial charge on any atom is 0.139 e. The fraction of sp³-hybridized carbons (Fsp3) is 0.526. The van der Waals surface area contributed by atoms with Gasteiger partial charge in [0.05, 0.1) is 17.3 Å². The van der Waals surface area contributed by atoms with E-state index in [0.29, 0.717) is 22.4 Å². The van der Waals surface area contributed by atoms with Crippen LogP contribution in [0.2, 0.25) is 10.0 Å². The molecular formula is C19H26Cl2N2O. The molecule has 3 nitrogen and oxygen atoms in total. The lowest BCUT2D eigenvalue weighted by Gasteiger charge is -2.08. The molecule has 5 heteroatoms. The summed E-state index contributed by atoms with van der Waals surface area (Å²) in [6.45, 7) is 5.01. The molecule has 0 saturated heterocycles. The molecule has 0 aliphatic carbocycles. The van der Waals surface area contributed by atoms with Crippen molar-refractivity contribution in [1.29, 1.82) is 0 Å². The van der Waals surface area contributed by atoms with Crippen LogP contribution in [-0.2, 0) is 19.3 Å². The average molecular weight is 369 g/mol. The number of nitrogens with one attached hydrogen (secondary N) is 1. The summed E-state index contributed by atoms with van der Waals surface area (Å²) in [6.07, 6.45) is 7.70. The van der Waals surface area contributed by atoms with Crippen LogP contribution in [0.25, 0.3) is 0 Å². The lowest BCUT2D eigenvalue weighted by atomic mass is 10.0. The number of aromatic amines is 1. The van der Waals surface area contributed by atoms with Gasteiger partial charge in [0.2, 0.25) is 0 Å². The smallest absolute Gasteiger partial charge is 0.139 e. The van der Waals surface area contributed by atoms with E-state index in [1.54, 1.807) is 18.2 Å². The van der Waals surface area contributed by atoms with Crippen LogP contribution in [0.1, 0.15) is 56.5 Å². The van der Waals surface area contributed by atoms with Gasteiger partial charge in [0.25, 0.3) is 0 Å². The van der Waals surface area contributed by atoms with E-state index in [2.05, 4.69) is 24.0 Å². The number of halogens is 2. The van der Waals surface area contributed by atoms with Crippen molar-refractivity contribution in [3.8, 4) is 5.75 Å². The molecule has 0 aliphatic rings. The summed E-state index contributed by atoms with van der Waals surface area (Å²) in [5.74, 6) is 0.669. The maximum absolute atomic E-state index is 6.08. The zero-order valence-corrected chi connectivity index (χ0v) is 16.0. The van der Waals surface area contributed by atoms with Crippen LogP contribution in [0.15, 0.2) is 18.2 Å². The Morgan fingerprint density at radius 3 is 2.58 bits per heavy atom. The van der Waals surface area contributed by atoms with Crippen LogP contribution >= 0.6 is 23.2 Å². The molecule has 2 rings (SSSR count). The Morgan fingerprint density at radius 1 is 1.04 bits per heavy atom. The molecule has 0 bridgehead atoms. The van der Waals surface area contributed by atoms with E-state index in [4.69, 9.17) is 27.9 Å². The molecule has 0 radical (unpaired) electrons. The molecule has 0 amide bonds. The summed E-state index contributed by atoms with van der Waals surface area (Å²) in [5.41, 5.74) is 3.96. The first kappa shape index (κ1) is 19.1. The Kier molecular flexibility index (Phi) is 7.93. The SMILES string of the molecule is CCc1n[nH]c(CC)c1CCCCCCOc1cc(Cl)ccc1Cl. The number of nitrogens with zero attached hydrogens (tertiary/aromatic N) is 1. The third kappa shape index (κ3) is 5.42. The molecule has 0 fully saturated rings. The quantitative estimate of drug-likeness (QED) is 0.520. The second kappa shape index (κ2) is 9.95. The molecule has 0 aliphatic heterocycles. The lowest BCUT2D eigenvalue weighted by Crippen LogP contribution is -1.99. The minimum absolute atomic E-state index is 0.610. The number of hydrogen-bond acceptors (Lipinski definition) is 2. The van der Waals surface area contributed by atoms with Crippen molar-refractivity contribution < 1.29 is 4.74 Å². The van der Waals surface area contributed by atoms with Gasteiger partial charge >= 0.3 is 0 Å². The summed E-state index contributed by atoms with van der Waals surface area (Å²) in [5, 5.41) is 8.84. The van der Waals surface area contributed by atoms with Gasteiger partial charge < -0.3 is 4.74 Å². The van der Waals surface area contributed by atoms with Crippen molar-refractivity contribution in [1.82, 2.24) is 10.2 Å². The molecule has 0 saturated carbocycles. The highest BCUT2D eigenvalue weighted by atomic mass is 35.5. The van der Waals surface area contributed by atoms with Gasteiger partial charge in [-0.3, -0.25) is 5.10 Å². The van der Waals surface area contributed by atoms with E-state index >= 15 is 0 Å². The zero-order chi connectivity index (χ0) is 17.4. The average Bonchev–Trinajstić information content (AvgIpc) is 2.99. The monoisotopic (exact) mass is 368 g/mol. The van der Waals surface area contributed by atoms with Gasteiger partial charge in [0.1, 0.15) is 5.75 Å². The highest BCUT2D eigenvalue weighted by Gasteiger charge is 2.09. The summed E-state index contributed by atoms with van der Waals surface area (Å²) < 4.78 is 5.71. The molecule has 1 N–H and O–H groups in total. The van der Waals surface area contributed by atoms with E-state index in [1.165, 1.54) is 29.8 Å². The summed E-state index contributed by atoms with van der Waals surface area (Å²) in [4.78, 5) is 0. The van der Waals surface area contributed by atoms with Crippen molar-refractivity contribution in [3.05, 3.63) is 45.2 Å². The van der Waals surface area contributed by atoms with E-state index in [-0.39, 0.29) is 0 Å². The van der Waals surface area contributed by atoms with E-state index < -0.39 is 0 Å². The van der Waals surface area contributed by atoms with Crippen molar-refractivity contribution in [3.63, 3.8) is 0 Å². The van der Waals surface area contributed by atoms with Crippen LogP contribution in [-0.4, -0.2) is 16.8 Å². The number of hydrogen-bond donors (Lipinski definition) is 1. The van der Waals surface area contributed by atoms with E-state index in [9.17, 15) is 0 Å². The minimum Gasteiger partial charge on any atom is -0.492 e. The first-order chi connectivity index (χ1) is 11.7. The van der Waals surface area contributed by atoms with Gasteiger partial charge in [0.15, 0.2) is 0 Å². The van der Waals surface area contributed by atoms with Gasteiger partial charge in [-0.15, -0.1) is 0 Å². The number of ether oxygens (including phenoxy) is 1. The molecule has 1 aromatic carbocycles. The molecule has 2 aromatic rings. The number of benzene rings is 1. The highest BCUT2D eigenvalue weighted by Crippen LogP contribution is 2.27. The largest absolute Gasteiger partial charge is 0.492 e. The summed E-state index contributed by atoms with van der Waals surface area (Å²) in [7, 11) is 0. The Hall–Kier alpha value is -1.19. The fourth-order valence-corrected chi connectivity index (χ4v) is 3.19. The molecular weight excluding hydrogens is 343 g/mol. The lowest BCUT2D eigenvalue weighted by molar-refractivity contribution is 0.305. The Labute approximate surface area is 154 Å². The molecule has 132 valence electrons. The van der Waals surface area contributed by atoms with Crippen LogP contribution in [0.5, 0.6) is 5.75 Å². The second-order valence-electron chi connectivity index (χ2n) is 5.92. The van der Waals surface area contributed by atoms with Crippen molar-refractivity contribution in [2.45, 2.75) is 58.8 Å². The first-order valence-corrected chi connectivity index (χ1v) is 9.54. The fourth-order valence-electron chi connectivity index (χ4n) is 2.85. The summed E-state index contributed by atoms with van der Waals surface area (Å²) >= 11 is 12.0. The second-order valence-corrected chi connectivity index (χ2v) is 6.77. The number of aryl methyl sites for hydroxylation is 2. The zero-order valence-electron chi connectivity index (χ0n) is 14.5. The van der Waals surface area contributed by atoms with Gasteiger partial charge in [-0.25, -0.2) is 0 Å². The van der Waals surface area contributed by atoms with Crippen LogP contribution < -0.4 is 4.74 Å². The van der Waals surface area contributed by atoms with Gasteiger partial charge in [-0.1, -0.05) is 49.9 Å². The molecule has 24 heavy (non-hydrogen) atoms. The maximum atomic E-state index is 6.08. The van der Waals surface area contributed by atoms with Crippen LogP contribution in [0.4, 0.5) is 0 Å². The Balaban J connectivity index is 1.65. The Bertz CT molecular complexity index is 619. The van der Waals surface area contributed by atoms with Gasteiger partial charge in [0, 0.05) is 16.8 Å². The van der Waals surface area contributed by atoms with E-state index in [0.717, 1.165) is 32.1 Å². The normalized spacial score (nSPS) is 11.0. The molecule has 1 aromatic heterocycles. The van der Waals surface area contributed by atoms with Crippen molar-refractivity contribution in [2.75, 3.05) is 6.61 Å². The topological polar surface area (TPSA) is 37.9 Å². The highest BCUT2D eigenvalue weighted by molar-refractivity contribution is 6.34. The van der Waals surface area contributed by atoms with E-state index in [1.807, 2.05) is 0 Å². The molecule has 0 unspecified atom stereocenters.